The minimum absolute atomic E-state index is 0.0270. The van der Waals surface area contributed by atoms with Crippen LogP contribution in [0.3, 0.4) is 0 Å². The molecule has 5 atom stereocenters. The van der Waals surface area contributed by atoms with E-state index in [0.29, 0.717) is 5.56 Å². The van der Waals surface area contributed by atoms with Crippen LogP contribution in [0.1, 0.15) is 51.4 Å². The fourth-order valence-corrected chi connectivity index (χ4v) is 4.55. The summed E-state index contributed by atoms with van der Waals surface area (Å²) in [5.41, 5.74) is -0.384. The lowest BCUT2D eigenvalue weighted by molar-refractivity contribution is -0.211. The summed E-state index contributed by atoms with van der Waals surface area (Å²) in [7, 11) is 0. The largest absolute Gasteiger partial charge is 0.439 e. The van der Waals surface area contributed by atoms with Gasteiger partial charge in [0.15, 0.2) is 12.0 Å². The molecule has 3 saturated heterocycles. The number of alkyl halides is 2. The topological polar surface area (TPSA) is 74.3 Å². The van der Waals surface area contributed by atoms with Gasteiger partial charge in [-0.25, -0.2) is 13.6 Å². The molecule has 3 aliphatic heterocycles. The normalized spacial score (nSPS) is 32.2. The lowest BCUT2D eigenvalue weighted by Gasteiger charge is -2.36. The zero-order chi connectivity index (χ0) is 23.5. The van der Waals surface area contributed by atoms with E-state index in [9.17, 15) is 9.59 Å². The minimum Gasteiger partial charge on any atom is -0.439 e. The molecule has 0 radical (unpaired) electrons. The van der Waals surface area contributed by atoms with Gasteiger partial charge in [0.1, 0.15) is 24.4 Å². The Morgan fingerprint density at radius 3 is 2.44 bits per heavy atom. The summed E-state index contributed by atoms with van der Waals surface area (Å²) < 4.78 is 53.1. The number of rotatable bonds is 4. The van der Waals surface area contributed by atoms with E-state index in [0.717, 1.165) is 4.90 Å². The number of carbonyl (C=O) groups excluding carboxylic acids is 2. The van der Waals surface area contributed by atoms with Gasteiger partial charge in [0.25, 0.3) is 11.8 Å². The van der Waals surface area contributed by atoms with Gasteiger partial charge >= 0.3 is 5.97 Å². The Bertz CT molecular complexity index is 884. The molecule has 3 fully saturated rings. The van der Waals surface area contributed by atoms with Crippen LogP contribution in [0, 0.1) is 5.41 Å². The molecule has 0 unspecified atom stereocenters. The summed E-state index contributed by atoms with van der Waals surface area (Å²) in [6, 6.07) is 6.79. The monoisotopic (exact) mass is 453 g/mol. The van der Waals surface area contributed by atoms with Gasteiger partial charge in [-0.1, -0.05) is 39.0 Å². The van der Waals surface area contributed by atoms with Gasteiger partial charge in [0, 0.05) is 17.4 Å². The van der Waals surface area contributed by atoms with Gasteiger partial charge in [-0.2, -0.15) is 0 Å². The molecule has 3 heterocycles. The molecule has 7 nitrogen and oxygen atoms in total. The van der Waals surface area contributed by atoms with E-state index in [4.69, 9.17) is 18.9 Å². The van der Waals surface area contributed by atoms with E-state index in [1.807, 2.05) is 0 Å². The van der Waals surface area contributed by atoms with E-state index in [2.05, 4.69) is 0 Å². The molecule has 3 aliphatic rings. The van der Waals surface area contributed by atoms with Crippen LogP contribution in [0.4, 0.5) is 8.78 Å². The molecular formula is C23H29F2NO6. The second-order valence-corrected chi connectivity index (χ2v) is 10.1. The van der Waals surface area contributed by atoms with Crippen molar-refractivity contribution in [3.05, 3.63) is 35.9 Å². The zero-order valence-corrected chi connectivity index (χ0v) is 18.8. The van der Waals surface area contributed by atoms with Crippen molar-refractivity contribution < 1.29 is 37.3 Å². The predicted molar refractivity (Wildman–Crippen MR) is 109 cm³/mol. The number of halogens is 2. The second-order valence-electron chi connectivity index (χ2n) is 10.1. The number of amides is 1. The maximum atomic E-state index is 15.5. The Morgan fingerprint density at radius 1 is 1.16 bits per heavy atom. The molecule has 0 saturated carbocycles. The van der Waals surface area contributed by atoms with Crippen molar-refractivity contribution in [3.63, 3.8) is 0 Å². The van der Waals surface area contributed by atoms with Crippen LogP contribution in [-0.2, 0) is 23.7 Å². The summed E-state index contributed by atoms with van der Waals surface area (Å²) in [4.78, 5) is 27.2. The Morgan fingerprint density at radius 2 is 1.81 bits per heavy atom. The van der Waals surface area contributed by atoms with Crippen LogP contribution in [0.5, 0.6) is 0 Å². The maximum absolute atomic E-state index is 15.5. The highest BCUT2D eigenvalue weighted by Gasteiger charge is 2.61. The molecule has 0 spiro atoms. The Balaban J connectivity index is 1.62. The predicted octanol–water partition coefficient (Wildman–Crippen LogP) is 3.37. The lowest BCUT2D eigenvalue weighted by atomic mass is 9.91. The van der Waals surface area contributed by atoms with Gasteiger partial charge in [0.05, 0.1) is 6.61 Å². The van der Waals surface area contributed by atoms with E-state index in [1.165, 1.54) is 0 Å². The number of esters is 1. The van der Waals surface area contributed by atoms with Crippen molar-refractivity contribution in [2.45, 2.75) is 83.3 Å². The van der Waals surface area contributed by atoms with Crippen molar-refractivity contribution in [3.8, 4) is 0 Å². The number of ether oxygens (including phenoxy) is 4. The third-order valence-electron chi connectivity index (χ3n) is 5.93. The minimum atomic E-state index is -3.46. The maximum Gasteiger partial charge on any atom is 0.331 e. The Hall–Kier alpha value is -2.10. The molecule has 9 heteroatoms. The smallest absolute Gasteiger partial charge is 0.331 e. The molecule has 0 aromatic heterocycles. The number of hydrogen-bond donors (Lipinski definition) is 0. The highest BCUT2D eigenvalue weighted by molar-refractivity contribution is 5.98. The first-order chi connectivity index (χ1) is 14.8. The van der Waals surface area contributed by atoms with E-state index in [1.54, 1.807) is 65.0 Å². The van der Waals surface area contributed by atoms with Crippen LogP contribution < -0.4 is 0 Å². The van der Waals surface area contributed by atoms with Gasteiger partial charge in [-0.15, -0.1) is 0 Å². The third kappa shape index (κ3) is 4.13. The van der Waals surface area contributed by atoms with Crippen molar-refractivity contribution in [2.24, 2.45) is 5.41 Å². The summed E-state index contributed by atoms with van der Waals surface area (Å²) in [5, 5.41) is 0. The molecule has 1 amide bonds. The fraction of sp³-hybridized carbons (Fsp3) is 0.652. The number of hydrogen-bond acceptors (Lipinski definition) is 6. The molecule has 1 aromatic carbocycles. The zero-order valence-electron chi connectivity index (χ0n) is 18.8. The van der Waals surface area contributed by atoms with E-state index < -0.39 is 66.0 Å². The van der Waals surface area contributed by atoms with Crippen LogP contribution in [0.25, 0.3) is 0 Å². The molecule has 0 aliphatic carbocycles. The summed E-state index contributed by atoms with van der Waals surface area (Å²) >= 11 is 0. The van der Waals surface area contributed by atoms with Gasteiger partial charge in [0.2, 0.25) is 0 Å². The fourth-order valence-electron chi connectivity index (χ4n) is 4.55. The third-order valence-corrected chi connectivity index (χ3v) is 5.93. The Kier molecular flexibility index (Phi) is 5.58. The molecular weight excluding hydrogens is 424 g/mol. The number of nitrogens with zero attached hydrogens (tertiary/aromatic N) is 1. The summed E-state index contributed by atoms with van der Waals surface area (Å²) in [5.74, 6) is -5.85. The van der Waals surface area contributed by atoms with Crippen molar-refractivity contribution >= 4 is 11.9 Å². The molecule has 1 aromatic rings. The lowest BCUT2D eigenvalue weighted by Crippen LogP contribution is -2.52. The molecule has 176 valence electrons. The van der Waals surface area contributed by atoms with Crippen LogP contribution in [0.2, 0.25) is 0 Å². The molecule has 0 bridgehead atoms. The van der Waals surface area contributed by atoms with Gasteiger partial charge < -0.3 is 18.9 Å². The average Bonchev–Trinajstić information content (AvgIpc) is 3.31. The first-order valence-electron chi connectivity index (χ1n) is 10.7. The molecule has 32 heavy (non-hydrogen) atoms. The standard InChI is InChI=1S/C23H29F2NO6/c1-21(2,3)20-26(18(27)13-9-7-6-8-10-13)14(19(28)30-20)11-23(24,25)17-16-15(12-29-17)31-22(4,5)32-16/h6-10,14-17,20H,11-12H2,1-5H3/t14-,15+,16+,17-,20+/m0/s1. The highest BCUT2D eigenvalue weighted by atomic mass is 19.3. The summed E-state index contributed by atoms with van der Waals surface area (Å²) in [6.45, 7) is 8.64. The number of carbonyl (C=O) groups is 2. The van der Waals surface area contributed by atoms with Crippen LogP contribution in [0.15, 0.2) is 30.3 Å². The van der Waals surface area contributed by atoms with Gasteiger partial charge in [-0.3, -0.25) is 9.69 Å². The van der Waals surface area contributed by atoms with Crippen LogP contribution >= 0.6 is 0 Å². The first-order valence-corrected chi connectivity index (χ1v) is 10.7. The number of cyclic esters (lactones) is 1. The van der Waals surface area contributed by atoms with E-state index >= 15 is 8.78 Å². The van der Waals surface area contributed by atoms with Gasteiger partial charge in [-0.05, 0) is 26.0 Å². The number of benzene rings is 1. The number of fused-ring (bicyclic) bond motifs is 1. The molecule has 0 N–H and O–H groups in total. The SMILES string of the molecule is CC1(C)O[C@@H]2[C@@H](CO[C@@H]2C(F)(F)C[C@H]2C(=O)O[C@H](C(C)(C)C)N2C(=O)c2ccccc2)O1. The van der Waals surface area contributed by atoms with Crippen LogP contribution in [-0.4, -0.2) is 65.7 Å². The van der Waals surface area contributed by atoms with E-state index in [-0.39, 0.29) is 6.61 Å². The van der Waals surface area contributed by atoms with Crippen molar-refractivity contribution in [1.29, 1.82) is 0 Å². The Labute approximate surface area is 185 Å². The highest BCUT2D eigenvalue weighted by Crippen LogP contribution is 2.44. The van der Waals surface area contributed by atoms with Crippen molar-refractivity contribution in [2.75, 3.05) is 6.61 Å². The first kappa shape index (κ1) is 23.1. The second kappa shape index (κ2) is 7.74. The quantitative estimate of drug-likeness (QED) is 0.651. The average molecular weight is 453 g/mol. The summed E-state index contributed by atoms with van der Waals surface area (Å²) in [6.07, 6.45) is -5.08. The van der Waals surface area contributed by atoms with Crippen molar-refractivity contribution in [1.82, 2.24) is 4.90 Å². The molecule has 4 rings (SSSR count).